The van der Waals surface area contributed by atoms with E-state index in [0.717, 1.165) is 6.42 Å². The van der Waals surface area contributed by atoms with Gasteiger partial charge in [-0.15, -0.1) is 0 Å². The van der Waals surface area contributed by atoms with Crippen molar-refractivity contribution in [3.8, 4) is 5.75 Å². The smallest absolute Gasteiger partial charge is 0.254 e. The number of halogens is 1. The molecule has 0 fully saturated rings. The summed E-state index contributed by atoms with van der Waals surface area (Å²) < 4.78 is 18.5. The van der Waals surface area contributed by atoms with Crippen molar-refractivity contribution < 1.29 is 13.9 Å². The van der Waals surface area contributed by atoms with Gasteiger partial charge in [0.2, 0.25) is 0 Å². The number of hydrogen-bond donors (Lipinski definition) is 2. The molecule has 0 heterocycles. The number of benzene rings is 1. The molecule has 4 nitrogen and oxygen atoms in total. The number of rotatable bonds is 6. The number of ether oxygens (including phenoxy) is 1. The van der Waals surface area contributed by atoms with Gasteiger partial charge in [-0.3, -0.25) is 4.79 Å². The molecule has 1 amide bonds. The summed E-state index contributed by atoms with van der Waals surface area (Å²) in [5, 5.41) is 2.76. The molecule has 0 bridgehead atoms. The Kier molecular flexibility index (Phi) is 5.58. The second-order valence-corrected chi connectivity index (χ2v) is 4.00. The second kappa shape index (κ2) is 6.96. The number of carbonyl (C=O) groups excluding carboxylic acids is 1. The standard InChI is InChI=1S/C13H19FN2O2/c1-3-9(6-7-15)16-13(17)11-5-4-10(18-2)8-12(11)14/h4-5,8-9H,3,6-7,15H2,1-2H3,(H,16,17). The molecule has 0 aliphatic carbocycles. The topological polar surface area (TPSA) is 64.3 Å². The van der Waals surface area contributed by atoms with Gasteiger partial charge in [-0.05, 0) is 31.5 Å². The van der Waals surface area contributed by atoms with E-state index in [1.807, 2.05) is 6.92 Å². The molecule has 1 unspecified atom stereocenters. The minimum Gasteiger partial charge on any atom is -0.497 e. The molecule has 1 atom stereocenters. The summed E-state index contributed by atoms with van der Waals surface area (Å²) in [6.07, 6.45) is 1.45. The summed E-state index contributed by atoms with van der Waals surface area (Å²) in [4.78, 5) is 11.9. The molecular weight excluding hydrogens is 235 g/mol. The van der Waals surface area contributed by atoms with Crippen LogP contribution in [0.15, 0.2) is 18.2 Å². The van der Waals surface area contributed by atoms with Crippen LogP contribution in [0.1, 0.15) is 30.1 Å². The second-order valence-electron chi connectivity index (χ2n) is 4.00. The van der Waals surface area contributed by atoms with E-state index in [1.54, 1.807) is 6.07 Å². The lowest BCUT2D eigenvalue weighted by atomic mass is 10.1. The maximum Gasteiger partial charge on any atom is 0.254 e. The van der Waals surface area contributed by atoms with E-state index >= 15 is 0 Å². The third-order valence-corrected chi connectivity index (χ3v) is 2.76. The summed E-state index contributed by atoms with van der Waals surface area (Å²) in [5.41, 5.74) is 5.46. The van der Waals surface area contributed by atoms with E-state index in [9.17, 15) is 9.18 Å². The number of nitrogens with one attached hydrogen (secondary N) is 1. The van der Waals surface area contributed by atoms with E-state index in [-0.39, 0.29) is 11.6 Å². The Balaban J connectivity index is 2.77. The van der Waals surface area contributed by atoms with Crippen molar-refractivity contribution in [2.45, 2.75) is 25.8 Å². The van der Waals surface area contributed by atoms with Gasteiger partial charge >= 0.3 is 0 Å². The van der Waals surface area contributed by atoms with Crippen molar-refractivity contribution in [2.75, 3.05) is 13.7 Å². The molecule has 5 heteroatoms. The first-order valence-electron chi connectivity index (χ1n) is 5.96. The van der Waals surface area contributed by atoms with Crippen LogP contribution in [0.3, 0.4) is 0 Å². The van der Waals surface area contributed by atoms with Gasteiger partial charge in [0, 0.05) is 12.1 Å². The van der Waals surface area contributed by atoms with E-state index in [2.05, 4.69) is 5.32 Å². The highest BCUT2D eigenvalue weighted by atomic mass is 19.1. The summed E-state index contributed by atoms with van der Waals surface area (Å²) in [7, 11) is 1.45. The van der Waals surface area contributed by atoms with Crippen LogP contribution in [0, 0.1) is 5.82 Å². The van der Waals surface area contributed by atoms with Crippen LogP contribution in [0.5, 0.6) is 5.75 Å². The Bertz CT molecular complexity index is 410. The van der Waals surface area contributed by atoms with Crippen LogP contribution < -0.4 is 15.8 Å². The zero-order valence-corrected chi connectivity index (χ0v) is 10.7. The Labute approximate surface area is 106 Å². The molecule has 1 rings (SSSR count). The van der Waals surface area contributed by atoms with Gasteiger partial charge in [0.25, 0.3) is 5.91 Å². The molecule has 0 aliphatic heterocycles. The zero-order valence-electron chi connectivity index (χ0n) is 10.7. The van der Waals surface area contributed by atoms with E-state index in [4.69, 9.17) is 10.5 Å². The van der Waals surface area contributed by atoms with Gasteiger partial charge in [0.1, 0.15) is 11.6 Å². The molecule has 100 valence electrons. The molecule has 1 aromatic rings. The van der Waals surface area contributed by atoms with Gasteiger partial charge in [0.05, 0.1) is 12.7 Å². The Hall–Kier alpha value is -1.62. The average Bonchev–Trinajstić information content (AvgIpc) is 2.37. The first-order valence-corrected chi connectivity index (χ1v) is 5.96. The average molecular weight is 254 g/mol. The predicted octanol–water partition coefficient (Wildman–Crippen LogP) is 1.69. The van der Waals surface area contributed by atoms with Gasteiger partial charge in [0.15, 0.2) is 0 Å². The van der Waals surface area contributed by atoms with Gasteiger partial charge in [-0.25, -0.2) is 4.39 Å². The molecular formula is C13H19FN2O2. The number of nitrogens with two attached hydrogens (primary N) is 1. The minimum absolute atomic E-state index is 0.0197. The Morgan fingerprint density at radius 2 is 2.28 bits per heavy atom. The van der Waals surface area contributed by atoms with E-state index < -0.39 is 11.7 Å². The van der Waals surface area contributed by atoms with Crippen molar-refractivity contribution in [3.63, 3.8) is 0 Å². The molecule has 0 spiro atoms. The van der Waals surface area contributed by atoms with Crippen LogP contribution in [0.4, 0.5) is 4.39 Å². The van der Waals surface area contributed by atoms with E-state index in [0.29, 0.717) is 18.7 Å². The van der Waals surface area contributed by atoms with Crippen molar-refractivity contribution in [2.24, 2.45) is 5.73 Å². The van der Waals surface area contributed by atoms with Crippen LogP contribution in [0.25, 0.3) is 0 Å². The first kappa shape index (κ1) is 14.4. The van der Waals surface area contributed by atoms with Crippen LogP contribution in [-0.2, 0) is 0 Å². The Morgan fingerprint density at radius 3 is 2.78 bits per heavy atom. The summed E-state index contributed by atoms with van der Waals surface area (Å²) in [5.74, 6) is -0.622. The molecule has 3 N–H and O–H groups in total. The number of hydrogen-bond acceptors (Lipinski definition) is 3. The fraction of sp³-hybridized carbons (Fsp3) is 0.462. The number of carbonyl (C=O) groups is 1. The maximum atomic E-state index is 13.7. The SMILES string of the molecule is CCC(CCN)NC(=O)c1ccc(OC)cc1F. The molecule has 1 aromatic carbocycles. The lowest BCUT2D eigenvalue weighted by Gasteiger charge is -2.16. The van der Waals surface area contributed by atoms with Crippen molar-refractivity contribution in [3.05, 3.63) is 29.6 Å². The Morgan fingerprint density at radius 1 is 1.56 bits per heavy atom. The van der Waals surface area contributed by atoms with Crippen LogP contribution in [0.2, 0.25) is 0 Å². The van der Waals surface area contributed by atoms with Crippen LogP contribution >= 0.6 is 0 Å². The number of methoxy groups -OCH3 is 1. The fourth-order valence-electron chi connectivity index (χ4n) is 1.65. The van der Waals surface area contributed by atoms with Crippen molar-refractivity contribution >= 4 is 5.91 Å². The van der Waals surface area contributed by atoms with Gasteiger partial charge in [-0.1, -0.05) is 6.92 Å². The normalized spacial score (nSPS) is 12.0. The first-order chi connectivity index (χ1) is 8.62. The third kappa shape index (κ3) is 3.70. The molecule has 0 saturated heterocycles. The maximum absolute atomic E-state index is 13.7. The fourth-order valence-corrected chi connectivity index (χ4v) is 1.65. The lowest BCUT2D eigenvalue weighted by molar-refractivity contribution is 0.0930. The largest absolute Gasteiger partial charge is 0.497 e. The summed E-state index contributed by atoms with van der Waals surface area (Å²) in [6, 6.07) is 4.14. The summed E-state index contributed by atoms with van der Waals surface area (Å²) in [6.45, 7) is 2.44. The molecule has 0 saturated carbocycles. The highest BCUT2D eigenvalue weighted by molar-refractivity contribution is 5.94. The molecule has 0 aromatic heterocycles. The highest BCUT2D eigenvalue weighted by Gasteiger charge is 2.15. The quantitative estimate of drug-likeness (QED) is 0.812. The minimum atomic E-state index is -0.588. The molecule has 0 radical (unpaired) electrons. The highest BCUT2D eigenvalue weighted by Crippen LogP contribution is 2.16. The zero-order chi connectivity index (χ0) is 13.5. The molecule has 18 heavy (non-hydrogen) atoms. The summed E-state index contributed by atoms with van der Waals surface area (Å²) >= 11 is 0. The predicted molar refractivity (Wildman–Crippen MR) is 68.2 cm³/mol. The van der Waals surface area contributed by atoms with Crippen LogP contribution in [-0.4, -0.2) is 25.6 Å². The van der Waals surface area contributed by atoms with Gasteiger partial charge < -0.3 is 15.8 Å². The third-order valence-electron chi connectivity index (χ3n) is 2.76. The lowest BCUT2D eigenvalue weighted by Crippen LogP contribution is -2.36. The van der Waals surface area contributed by atoms with Crippen molar-refractivity contribution in [1.29, 1.82) is 0 Å². The van der Waals surface area contributed by atoms with Crippen molar-refractivity contribution in [1.82, 2.24) is 5.32 Å². The van der Waals surface area contributed by atoms with E-state index in [1.165, 1.54) is 19.2 Å². The molecule has 0 aliphatic rings. The number of amides is 1. The monoisotopic (exact) mass is 254 g/mol. The van der Waals surface area contributed by atoms with Gasteiger partial charge in [-0.2, -0.15) is 0 Å².